The van der Waals surface area contributed by atoms with E-state index in [9.17, 15) is 9.59 Å². The Morgan fingerprint density at radius 2 is 2.20 bits per heavy atom. The van der Waals surface area contributed by atoms with Crippen LogP contribution in [0.3, 0.4) is 0 Å². The van der Waals surface area contributed by atoms with E-state index in [0.717, 1.165) is 17.2 Å². The molecule has 0 bridgehead atoms. The lowest BCUT2D eigenvalue weighted by Gasteiger charge is -2.06. The molecular formula is C13H12N4O3. The van der Waals surface area contributed by atoms with Gasteiger partial charge in [-0.25, -0.2) is 4.79 Å². The zero-order valence-electron chi connectivity index (χ0n) is 10.6. The van der Waals surface area contributed by atoms with Crippen molar-refractivity contribution in [3.8, 4) is 0 Å². The van der Waals surface area contributed by atoms with E-state index in [1.807, 2.05) is 6.92 Å². The van der Waals surface area contributed by atoms with E-state index >= 15 is 0 Å². The molecule has 0 unspecified atom stereocenters. The number of hydrogen-bond donors (Lipinski definition) is 3. The zero-order valence-corrected chi connectivity index (χ0v) is 10.6. The summed E-state index contributed by atoms with van der Waals surface area (Å²) in [5, 5.41) is 20.9. The van der Waals surface area contributed by atoms with Crippen LogP contribution in [0, 0.1) is 6.92 Å². The molecule has 3 N–H and O–H groups in total. The Kier molecular flexibility index (Phi) is 3.90. The van der Waals surface area contributed by atoms with Crippen molar-refractivity contribution in [1.82, 2.24) is 15.4 Å². The molecule has 0 atom stereocenters. The molecule has 7 nitrogen and oxygen atoms in total. The summed E-state index contributed by atoms with van der Waals surface area (Å²) in [5.41, 5.74) is 2.41. The average molecular weight is 272 g/mol. The van der Waals surface area contributed by atoms with Crippen molar-refractivity contribution in [3.63, 3.8) is 0 Å². The molecular weight excluding hydrogens is 260 g/mol. The van der Waals surface area contributed by atoms with Crippen LogP contribution in [0.5, 0.6) is 0 Å². The maximum absolute atomic E-state index is 11.8. The van der Waals surface area contributed by atoms with Gasteiger partial charge in [0.1, 0.15) is 0 Å². The van der Waals surface area contributed by atoms with Crippen LogP contribution in [0.2, 0.25) is 0 Å². The van der Waals surface area contributed by atoms with Crippen molar-refractivity contribution in [1.29, 1.82) is 0 Å². The third-order valence-corrected chi connectivity index (χ3v) is 2.58. The lowest BCUT2D eigenvalue weighted by atomic mass is 10.1. The predicted molar refractivity (Wildman–Crippen MR) is 72.2 cm³/mol. The summed E-state index contributed by atoms with van der Waals surface area (Å²) in [5.74, 6) is -1.38. The molecule has 0 aliphatic carbocycles. The van der Waals surface area contributed by atoms with Crippen molar-refractivity contribution in [2.75, 3.05) is 5.32 Å². The van der Waals surface area contributed by atoms with Crippen LogP contribution < -0.4 is 5.32 Å². The van der Waals surface area contributed by atoms with Gasteiger partial charge in [0, 0.05) is 11.8 Å². The number of rotatable bonds is 4. The predicted octanol–water partition coefficient (Wildman–Crippen LogP) is 1.46. The monoisotopic (exact) mass is 272 g/mol. The lowest BCUT2D eigenvalue weighted by molar-refractivity contribution is -0.131. The molecule has 0 aliphatic rings. The second-order valence-electron chi connectivity index (χ2n) is 4.05. The summed E-state index contributed by atoms with van der Waals surface area (Å²) in [6, 6.07) is 5.17. The van der Waals surface area contributed by atoms with Gasteiger partial charge in [0.25, 0.3) is 5.91 Å². The Balaban J connectivity index is 2.13. The number of hydrogen-bond acceptors (Lipinski definition) is 4. The van der Waals surface area contributed by atoms with Crippen molar-refractivity contribution in [2.24, 2.45) is 0 Å². The van der Waals surface area contributed by atoms with Crippen LogP contribution in [0.1, 0.15) is 21.6 Å². The number of carbonyl (C=O) groups is 2. The van der Waals surface area contributed by atoms with Crippen LogP contribution >= 0.6 is 0 Å². The van der Waals surface area contributed by atoms with Gasteiger partial charge in [-0.15, -0.1) is 0 Å². The standard InChI is InChI=1S/C13H12N4O3/c1-8-6-10(4-2-9(8)3-5-12(18)19)15-13(20)11-7-14-17-16-11/h2-7H,1H3,(H,15,20)(H,18,19)(H,14,16,17)/b5-3+. The topological polar surface area (TPSA) is 108 Å². The third kappa shape index (κ3) is 3.29. The van der Waals surface area contributed by atoms with Crippen molar-refractivity contribution in [2.45, 2.75) is 6.92 Å². The quantitative estimate of drug-likeness (QED) is 0.730. The van der Waals surface area contributed by atoms with Gasteiger partial charge in [-0.1, -0.05) is 6.07 Å². The van der Waals surface area contributed by atoms with Gasteiger partial charge >= 0.3 is 5.97 Å². The number of amides is 1. The minimum absolute atomic E-state index is 0.192. The van der Waals surface area contributed by atoms with Crippen LogP contribution in [0.15, 0.2) is 30.5 Å². The maximum atomic E-state index is 11.8. The third-order valence-electron chi connectivity index (χ3n) is 2.58. The number of nitrogens with one attached hydrogen (secondary N) is 2. The van der Waals surface area contributed by atoms with Crippen LogP contribution in [0.25, 0.3) is 6.08 Å². The Hall–Kier alpha value is -2.96. The highest BCUT2D eigenvalue weighted by Gasteiger charge is 2.09. The number of aromatic amines is 1. The van der Waals surface area contributed by atoms with E-state index in [2.05, 4.69) is 20.7 Å². The molecule has 1 heterocycles. The first kappa shape index (κ1) is 13.5. The highest BCUT2D eigenvalue weighted by atomic mass is 16.4. The van der Waals surface area contributed by atoms with Gasteiger partial charge in [0.05, 0.1) is 6.20 Å². The van der Waals surface area contributed by atoms with E-state index in [1.165, 1.54) is 12.3 Å². The van der Waals surface area contributed by atoms with Gasteiger partial charge in [0.2, 0.25) is 0 Å². The molecule has 102 valence electrons. The first-order valence-corrected chi connectivity index (χ1v) is 5.75. The molecule has 0 spiro atoms. The summed E-state index contributed by atoms with van der Waals surface area (Å²) in [6.07, 6.45) is 3.89. The van der Waals surface area contributed by atoms with Gasteiger partial charge in [-0.3, -0.25) is 4.79 Å². The first-order chi connectivity index (χ1) is 9.56. The molecule has 0 saturated carbocycles. The smallest absolute Gasteiger partial charge is 0.328 e. The zero-order chi connectivity index (χ0) is 14.5. The van der Waals surface area contributed by atoms with Crippen molar-refractivity contribution >= 4 is 23.6 Å². The van der Waals surface area contributed by atoms with Gasteiger partial charge in [-0.05, 0) is 36.3 Å². The maximum Gasteiger partial charge on any atom is 0.328 e. The van der Waals surface area contributed by atoms with Crippen LogP contribution in [-0.4, -0.2) is 32.4 Å². The molecule has 1 aromatic carbocycles. The van der Waals surface area contributed by atoms with Crippen molar-refractivity contribution < 1.29 is 14.7 Å². The second-order valence-corrected chi connectivity index (χ2v) is 4.05. The number of anilines is 1. The Morgan fingerprint density at radius 3 is 2.80 bits per heavy atom. The fourth-order valence-electron chi connectivity index (χ4n) is 1.61. The SMILES string of the molecule is Cc1cc(NC(=O)c2cn[nH]n2)ccc1/C=C/C(=O)O. The fraction of sp³-hybridized carbons (Fsp3) is 0.0769. The van der Waals surface area contributed by atoms with Gasteiger partial charge in [0.15, 0.2) is 5.69 Å². The van der Waals surface area contributed by atoms with Gasteiger partial charge in [-0.2, -0.15) is 15.4 Å². The molecule has 2 rings (SSSR count). The summed E-state index contributed by atoms with van der Waals surface area (Å²) >= 11 is 0. The Morgan fingerprint density at radius 1 is 1.40 bits per heavy atom. The minimum Gasteiger partial charge on any atom is -0.478 e. The minimum atomic E-state index is -1.01. The molecule has 20 heavy (non-hydrogen) atoms. The summed E-state index contributed by atoms with van der Waals surface area (Å²) in [4.78, 5) is 22.2. The van der Waals surface area contributed by atoms with E-state index < -0.39 is 5.97 Å². The molecule has 1 amide bonds. The highest BCUT2D eigenvalue weighted by molar-refractivity contribution is 6.02. The van der Waals surface area contributed by atoms with E-state index in [0.29, 0.717) is 5.69 Å². The number of benzene rings is 1. The number of carboxylic acids is 1. The average Bonchev–Trinajstić information content (AvgIpc) is 2.91. The molecule has 2 aromatic rings. The Labute approximate surface area is 114 Å². The first-order valence-electron chi connectivity index (χ1n) is 5.75. The highest BCUT2D eigenvalue weighted by Crippen LogP contribution is 2.17. The van der Waals surface area contributed by atoms with Crippen LogP contribution in [-0.2, 0) is 4.79 Å². The van der Waals surface area contributed by atoms with Crippen molar-refractivity contribution in [3.05, 3.63) is 47.3 Å². The molecule has 0 radical (unpaired) electrons. The van der Waals surface area contributed by atoms with E-state index in [-0.39, 0.29) is 11.6 Å². The van der Waals surface area contributed by atoms with Gasteiger partial charge < -0.3 is 10.4 Å². The molecule has 0 fully saturated rings. The number of nitrogens with zero attached hydrogens (tertiary/aromatic N) is 2. The number of carboxylic acid groups (broad SMARTS) is 1. The Bertz CT molecular complexity index is 662. The number of H-pyrrole nitrogens is 1. The number of aromatic nitrogens is 3. The molecule has 0 saturated heterocycles. The second kappa shape index (κ2) is 5.79. The lowest BCUT2D eigenvalue weighted by Crippen LogP contribution is -2.12. The number of carbonyl (C=O) groups excluding carboxylic acids is 1. The largest absolute Gasteiger partial charge is 0.478 e. The molecule has 1 aromatic heterocycles. The summed E-state index contributed by atoms with van der Waals surface area (Å²) in [6.45, 7) is 1.83. The molecule has 7 heteroatoms. The fourth-order valence-corrected chi connectivity index (χ4v) is 1.61. The van der Waals surface area contributed by atoms with E-state index in [1.54, 1.807) is 18.2 Å². The van der Waals surface area contributed by atoms with Crippen LogP contribution in [0.4, 0.5) is 5.69 Å². The summed E-state index contributed by atoms with van der Waals surface area (Å²) < 4.78 is 0. The normalized spacial score (nSPS) is 10.7. The summed E-state index contributed by atoms with van der Waals surface area (Å²) in [7, 11) is 0. The number of aliphatic carboxylic acids is 1. The van der Waals surface area contributed by atoms with E-state index in [4.69, 9.17) is 5.11 Å². The molecule has 0 aliphatic heterocycles. The number of aryl methyl sites for hydroxylation is 1.